The number of amides is 2. The minimum Gasteiger partial charge on any atom is -0.326 e. The van der Waals surface area contributed by atoms with Crippen LogP contribution in [0.4, 0.5) is 11.6 Å². The van der Waals surface area contributed by atoms with Gasteiger partial charge in [-0.15, -0.1) is 0 Å². The van der Waals surface area contributed by atoms with E-state index in [1.165, 1.54) is 11.0 Å². The fraction of sp³-hybridized carbons (Fsp3) is 0.231. The molecular formula is C13H12ClN5O2. The van der Waals surface area contributed by atoms with E-state index in [9.17, 15) is 9.59 Å². The van der Waals surface area contributed by atoms with Gasteiger partial charge in [-0.05, 0) is 24.6 Å². The summed E-state index contributed by atoms with van der Waals surface area (Å²) in [6.07, 6.45) is 1.31. The number of rotatable bonds is 3. The molecule has 2 heterocycles. The van der Waals surface area contributed by atoms with Crippen molar-refractivity contribution in [3.63, 3.8) is 0 Å². The minimum atomic E-state index is -0.679. The number of hydrogen-bond donors (Lipinski definition) is 2. The van der Waals surface area contributed by atoms with Gasteiger partial charge in [-0.25, -0.2) is 4.68 Å². The van der Waals surface area contributed by atoms with Gasteiger partial charge in [-0.2, -0.15) is 10.1 Å². The molecule has 0 saturated carbocycles. The van der Waals surface area contributed by atoms with Crippen LogP contribution in [0.25, 0.3) is 0 Å². The number of nitrogens with zero attached hydrogens (tertiary/aromatic N) is 3. The highest BCUT2D eigenvalue weighted by atomic mass is 35.5. The molecule has 0 bridgehead atoms. The van der Waals surface area contributed by atoms with Gasteiger partial charge in [-0.1, -0.05) is 17.7 Å². The number of anilines is 2. The van der Waals surface area contributed by atoms with Crippen LogP contribution in [-0.2, 0) is 9.59 Å². The van der Waals surface area contributed by atoms with Crippen molar-refractivity contribution in [3.8, 4) is 0 Å². The number of carbonyl (C=O) groups is 2. The molecule has 7 nitrogen and oxygen atoms in total. The van der Waals surface area contributed by atoms with Crippen LogP contribution >= 0.6 is 11.6 Å². The van der Waals surface area contributed by atoms with E-state index in [1.54, 1.807) is 12.1 Å². The monoisotopic (exact) mass is 305 g/mol. The molecule has 0 spiro atoms. The largest absolute Gasteiger partial charge is 0.326 e. The maximum Gasteiger partial charge on any atom is 0.252 e. The summed E-state index contributed by atoms with van der Waals surface area (Å²) >= 11 is 5.91. The first-order valence-electron chi connectivity index (χ1n) is 6.31. The maximum atomic E-state index is 12.1. The zero-order chi connectivity index (χ0) is 15.0. The minimum absolute atomic E-state index is 0.0197. The van der Waals surface area contributed by atoms with Crippen LogP contribution in [0.3, 0.4) is 0 Å². The summed E-state index contributed by atoms with van der Waals surface area (Å²) in [4.78, 5) is 27.8. The van der Waals surface area contributed by atoms with Gasteiger partial charge >= 0.3 is 0 Å². The maximum absolute atomic E-state index is 12.1. The van der Waals surface area contributed by atoms with Crippen molar-refractivity contribution in [3.05, 3.63) is 35.1 Å². The molecule has 3 rings (SSSR count). The van der Waals surface area contributed by atoms with Gasteiger partial charge in [0.05, 0.1) is 6.42 Å². The fourth-order valence-corrected chi connectivity index (χ4v) is 2.33. The van der Waals surface area contributed by atoms with E-state index in [0.29, 0.717) is 16.7 Å². The lowest BCUT2D eigenvalue weighted by Gasteiger charge is -2.11. The van der Waals surface area contributed by atoms with Crippen molar-refractivity contribution in [1.29, 1.82) is 0 Å². The lowest BCUT2D eigenvalue weighted by Crippen LogP contribution is -2.23. The molecule has 2 amide bonds. The second-order valence-electron chi connectivity index (χ2n) is 4.74. The predicted molar refractivity (Wildman–Crippen MR) is 77.1 cm³/mol. The zero-order valence-corrected chi connectivity index (χ0v) is 11.9. The van der Waals surface area contributed by atoms with Gasteiger partial charge in [0.25, 0.3) is 5.91 Å². The summed E-state index contributed by atoms with van der Waals surface area (Å²) in [5, 5.41) is 9.80. The number of benzene rings is 1. The molecule has 1 aliphatic heterocycles. The Labute approximate surface area is 125 Å². The van der Waals surface area contributed by atoms with Gasteiger partial charge in [0.15, 0.2) is 0 Å². The van der Waals surface area contributed by atoms with Crippen molar-refractivity contribution < 1.29 is 9.59 Å². The number of nitrogens with one attached hydrogen (secondary N) is 2. The summed E-state index contributed by atoms with van der Waals surface area (Å²) in [6.45, 7) is 1.86. The zero-order valence-electron chi connectivity index (χ0n) is 11.1. The molecular weight excluding hydrogens is 294 g/mol. The second kappa shape index (κ2) is 5.17. The Hall–Kier alpha value is -2.41. The molecule has 0 saturated heterocycles. The standard InChI is InChI=1S/C13H12ClN5O2/c1-7-2-3-8(14)4-9(7)17-11(20)5-10-12(21)18-13-15-6-16-19(10)13/h2-4,6,10H,5H2,1H3,(H,17,20)(H,15,16,18,21)/t10-/m0/s1. The Morgan fingerprint density at radius 1 is 1.52 bits per heavy atom. The molecule has 0 fully saturated rings. The van der Waals surface area contributed by atoms with Crippen LogP contribution in [-0.4, -0.2) is 26.6 Å². The van der Waals surface area contributed by atoms with Crippen LogP contribution in [0.1, 0.15) is 18.0 Å². The Kier molecular flexibility index (Phi) is 3.34. The van der Waals surface area contributed by atoms with Crippen molar-refractivity contribution in [2.75, 3.05) is 10.6 Å². The van der Waals surface area contributed by atoms with Crippen molar-refractivity contribution in [2.24, 2.45) is 0 Å². The molecule has 0 unspecified atom stereocenters. The highest BCUT2D eigenvalue weighted by molar-refractivity contribution is 6.31. The average molecular weight is 306 g/mol. The highest BCUT2D eigenvalue weighted by Gasteiger charge is 2.33. The normalized spacial score (nSPS) is 16.5. The average Bonchev–Trinajstić information content (AvgIpc) is 2.97. The van der Waals surface area contributed by atoms with E-state index in [-0.39, 0.29) is 18.2 Å². The van der Waals surface area contributed by atoms with E-state index in [4.69, 9.17) is 11.6 Å². The Morgan fingerprint density at radius 2 is 2.33 bits per heavy atom. The lowest BCUT2D eigenvalue weighted by molar-refractivity contribution is -0.123. The van der Waals surface area contributed by atoms with E-state index in [0.717, 1.165) is 5.56 Å². The lowest BCUT2D eigenvalue weighted by atomic mass is 10.1. The van der Waals surface area contributed by atoms with E-state index in [2.05, 4.69) is 20.7 Å². The Balaban J connectivity index is 1.73. The molecule has 1 atom stereocenters. The molecule has 0 radical (unpaired) electrons. The third kappa shape index (κ3) is 2.59. The molecule has 108 valence electrons. The van der Waals surface area contributed by atoms with E-state index < -0.39 is 6.04 Å². The van der Waals surface area contributed by atoms with Gasteiger partial charge < -0.3 is 5.32 Å². The number of fused-ring (bicyclic) bond motifs is 1. The van der Waals surface area contributed by atoms with Crippen molar-refractivity contribution >= 4 is 35.1 Å². The number of halogens is 1. The molecule has 1 aromatic heterocycles. The van der Waals surface area contributed by atoms with E-state index in [1.807, 2.05) is 13.0 Å². The summed E-state index contributed by atoms with van der Waals surface area (Å²) in [5.41, 5.74) is 1.52. The Bertz CT molecular complexity index is 727. The van der Waals surface area contributed by atoms with Gasteiger partial charge in [0, 0.05) is 10.7 Å². The topological polar surface area (TPSA) is 88.9 Å². The second-order valence-corrected chi connectivity index (χ2v) is 5.18. The number of aromatic nitrogens is 3. The third-order valence-electron chi connectivity index (χ3n) is 3.26. The molecule has 2 N–H and O–H groups in total. The number of hydrogen-bond acceptors (Lipinski definition) is 4. The fourth-order valence-electron chi connectivity index (χ4n) is 2.16. The number of carbonyl (C=O) groups excluding carboxylic acids is 2. The van der Waals surface area contributed by atoms with Crippen LogP contribution in [0.2, 0.25) is 5.02 Å². The summed E-state index contributed by atoms with van der Waals surface area (Å²) < 4.78 is 1.41. The first-order valence-corrected chi connectivity index (χ1v) is 6.69. The van der Waals surface area contributed by atoms with Gasteiger partial charge in [0.2, 0.25) is 11.9 Å². The van der Waals surface area contributed by atoms with Gasteiger partial charge in [0.1, 0.15) is 12.4 Å². The quantitative estimate of drug-likeness (QED) is 0.904. The predicted octanol–water partition coefficient (Wildman–Crippen LogP) is 1.76. The molecule has 1 aliphatic rings. The molecule has 1 aromatic carbocycles. The molecule has 8 heteroatoms. The van der Waals surface area contributed by atoms with Gasteiger partial charge in [-0.3, -0.25) is 14.9 Å². The van der Waals surface area contributed by atoms with E-state index >= 15 is 0 Å². The van der Waals surface area contributed by atoms with Crippen LogP contribution in [0.5, 0.6) is 0 Å². The van der Waals surface area contributed by atoms with Crippen molar-refractivity contribution in [1.82, 2.24) is 14.8 Å². The first kappa shape index (κ1) is 13.6. The molecule has 2 aromatic rings. The highest BCUT2D eigenvalue weighted by Crippen LogP contribution is 2.25. The third-order valence-corrected chi connectivity index (χ3v) is 3.49. The van der Waals surface area contributed by atoms with Crippen LogP contribution in [0, 0.1) is 6.92 Å². The van der Waals surface area contributed by atoms with Crippen LogP contribution in [0.15, 0.2) is 24.5 Å². The summed E-state index contributed by atoms with van der Waals surface area (Å²) in [7, 11) is 0. The van der Waals surface area contributed by atoms with Crippen molar-refractivity contribution in [2.45, 2.75) is 19.4 Å². The molecule has 21 heavy (non-hydrogen) atoms. The Morgan fingerprint density at radius 3 is 3.14 bits per heavy atom. The summed E-state index contributed by atoms with van der Waals surface area (Å²) in [5.74, 6) is -0.218. The smallest absolute Gasteiger partial charge is 0.252 e. The van der Waals surface area contributed by atoms with Crippen LogP contribution < -0.4 is 10.6 Å². The SMILES string of the molecule is Cc1ccc(Cl)cc1NC(=O)C[C@H]1C(=O)Nc2ncnn21. The first-order chi connectivity index (χ1) is 10.0. The number of aryl methyl sites for hydroxylation is 1. The summed E-state index contributed by atoms with van der Waals surface area (Å²) in [6, 6.07) is 4.56. The molecule has 0 aliphatic carbocycles.